The minimum absolute atomic E-state index is 0.0237. The molecule has 0 aromatic heterocycles. The van der Waals surface area contributed by atoms with Crippen LogP contribution in [0.1, 0.15) is 17.2 Å². The fourth-order valence-electron chi connectivity index (χ4n) is 1.90. The van der Waals surface area contributed by atoms with Gasteiger partial charge in [-0.2, -0.15) is 13.2 Å². The highest BCUT2D eigenvalue weighted by atomic mass is 19.4. The number of carbonyl (C=O) groups excluding carboxylic acids is 1. The number of nitrogens with two attached hydrogens (primary N) is 1. The Bertz CT molecular complexity index is 584. The Labute approximate surface area is 112 Å². The van der Waals surface area contributed by atoms with Gasteiger partial charge in [0.25, 0.3) is 5.91 Å². The van der Waals surface area contributed by atoms with Crippen LogP contribution in [0.25, 0.3) is 0 Å². The molecule has 0 saturated heterocycles. The van der Waals surface area contributed by atoms with E-state index in [1.807, 2.05) is 0 Å². The second-order valence-electron chi connectivity index (χ2n) is 4.24. The maximum Gasteiger partial charge on any atom is 0.419 e. The van der Waals surface area contributed by atoms with E-state index in [1.54, 1.807) is 0 Å². The predicted molar refractivity (Wildman–Crippen MR) is 65.1 cm³/mol. The number of ether oxygens (including phenoxy) is 1. The molecular weight excluding hydrogens is 275 g/mol. The predicted octanol–water partition coefficient (Wildman–Crippen LogP) is 1.54. The number of amides is 1. The van der Waals surface area contributed by atoms with Crippen LogP contribution in [-0.2, 0) is 11.0 Å². The van der Waals surface area contributed by atoms with Crippen molar-refractivity contribution in [3.63, 3.8) is 0 Å². The van der Waals surface area contributed by atoms with Crippen LogP contribution in [0.3, 0.4) is 0 Å². The van der Waals surface area contributed by atoms with Gasteiger partial charge in [-0.25, -0.2) is 4.99 Å². The maximum absolute atomic E-state index is 12.9. The first-order chi connectivity index (χ1) is 9.25. The molecule has 2 rings (SSSR count). The summed E-state index contributed by atoms with van der Waals surface area (Å²) in [5.41, 5.74) is 4.65. The van der Waals surface area contributed by atoms with E-state index >= 15 is 0 Å². The first-order valence-corrected chi connectivity index (χ1v) is 5.61. The number of methoxy groups -OCH3 is 1. The molecule has 0 radical (unpaired) electrons. The van der Waals surface area contributed by atoms with Gasteiger partial charge in [0.15, 0.2) is 12.0 Å². The summed E-state index contributed by atoms with van der Waals surface area (Å²) >= 11 is 0. The number of likely N-dealkylation sites (N-methyl/N-ethyl adjacent to an activating group) is 1. The molecule has 1 aromatic rings. The van der Waals surface area contributed by atoms with Gasteiger partial charge in [0, 0.05) is 7.05 Å². The van der Waals surface area contributed by atoms with Crippen LogP contribution in [0, 0.1) is 0 Å². The number of alkyl halides is 3. The standard InChI is InChI=1S/C12H12F3N3O2/c1-18-10(19)9(17-11(18)16)6-3-4-8(20-2)7(5-6)12(13,14)15/h3-5,9H,1-2H3,(H2,16,17)/t9-/m1/s1. The number of guanidine groups is 1. The molecule has 108 valence electrons. The second-order valence-corrected chi connectivity index (χ2v) is 4.24. The van der Waals surface area contributed by atoms with Crippen molar-refractivity contribution in [2.45, 2.75) is 12.2 Å². The molecule has 0 fully saturated rings. The lowest BCUT2D eigenvalue weighted by Crippen LogP contribution is -2.34. The van der Waals surface area contributed by atoms with Gasteiger partial charge in [-0.3, -0.25) is 9.69 Å². The third-order valence-corrected chi connectivity index (χ3v) is 3.01. The number of carbonyl (C=O) groups is 1. The molecule has 0 aliphatic carbocycles. The summed E-state index contributed by atoms with van der Waals surface area (Å²) in [6.07, 6.45) is -4.58. The number of aliphatic imine (C=N–C) groups is 1. The van der Waals surface area contributed by atoms with Crippen molar-refractivity contribution in [2.24, 2.45) is 10.7 Å². The van der Waals surface area contributed by atoms with Crippen molar-refractivity contribution in [2.75, 3.05) is 14.2 Å². The number of hydrogen-bond acceptors (Lipinski definition) is 4. The Hall–Kier alpha value is -2.25. The Kier molecular flexibility index (Phi) is 3.33. The molecule has 1 heterocycles. The Morgan fingerprint density at radius 2 is 2.05 bits per heavy atom. The Morgan fingerprint density at radius 1 is 1.40 bits per heavy atom. The smallest absolute Gasteiger partial charge is 0.419 e. The minimum Gasteiger partial charge on any atom is -0.496 e. The van der Waals surface area contributed by atoms with Gasteiger partial charge in [-0.15, -0.1) is 0 Å². The Balaban J connectivity index is 2.48. The van der Waals surface area contributed by atoms with Crippen molar-refractivity contribution in [3.05, 3.63) is 29.3 Å². The molecule has 0 spiro atoms. The first kappa shape index (κ1) is 14.2. The molecular formula is C12H12F3N3O2. The molecule has 1 amide bonds. The van der Waals surface area contributed by atoms with Gasteiger partial charge >= 0.3 is 6.18 Å². The number of rotatable bonds is 2. The average molecular weight is 287 g/mol. The highest BCUT2D eigenvalue weighted by Crippen LogP contribution is 2.38. The van der Waals surface area contributed by atoms with Crippen molar-refractivity contribution in [3.8, 4) is 5.75 Å². The van der Waals surface area contributed by atoms with E-state index < -0.39 is 23.7 Å². The van der Waals surface area contributed by atoms with Gasteiger partial charge in [0.05, 0.1) is 12.7 Å². The zero-order chi connectivity index (χ0) is 15.1. The van der Waals surface area contributed by atoms with E-state index in [4.69, 9.17) is 5.73 Å². The number of hydrogen-bond donors (Lipinski definition) is 1. The molecule has 2 N–H and O–H groups in total. The van der Waals surface area contributed by atoms with E-state index in [9.17, 15) is 18.0 Å². The number of benzene rings is 1. The van der Waals surface area contributed by atoms with Crippen molar-refractivity contribution < 1.29 is 22.7 Å². The third kappa shape index (κ3) is 2.28. The van der Waals surface area contributed by atoms with E-state index in [0.717, 1.165) is 24.1 Å². The van der Waals surface area contributed by atoms with E-state index in [2.05, 4.69) is 9.73 Å². The van der Waals surface area contributed by atoms with Gasteiger partial charge in [-0.1, -0.05) is 6.07 Å². The Morgan fingerprint density at radius 3 is 2.50 bits per heavy atom. The SMILES string of the molecule is COc1ccc([C@H]2N=C(N)N(C)C2=O)cc1C(F)(F)F. The summed E-state index contributed by atoms with van der Waals surface area (Å²) in [4.78, 5) is 16.8. The molecule has 0 saturated carbocycles. The van der Waals surface area contributed by atoms with Crippen LogP contribution in [-0.4, -0.2) is 30.9 Å². The number of nitrogens with zero attached hydrogens (tertiary/aromatic N) is 2. The van der Waals surface area contributed by atoms with Crippen LogP contribution in [0.15, 0.2) is 23.2 Å². The lowest BCUT2D eigenvalue weighted by atomic mass is 10.0. The summed E-state index contributed by atoms with van der Waals surface area (Å²) in [6.45, 7) is 0. The van der Waals surface area contributed by atoms with Crippen LogP contribution < -0.4 is 10.5 Å². The van der Waals surface area contributed by atoms with E-state index in [-0.39, 0.29) is 17.3 Å². The van der Waals surface area contributed by atoms with Gasteiger partial charge < -0.3 is 10.5 Å². The van der Waals surface area contributed by atoms with Crippen LogP contribution in [0.5, 0.6) is 5.75 Å². The zero-order valence-electron chi connectivity index (χ0n) is 10.7. The topological polar surface area (TPSA) is 67.9 Å². The number of halogens is 3. The minimum atomic E-state index is -4.58. The molecule has 0 unspecified atom stereocenters. The zero-order valence-corrected chi connectivity index (χ0v) is 10.7. The van der Waals surface area contributed by atoms with Crippen LogP contribution in [0.2, 0.25) is 0 Å². The summed E-state index contributed by atoms with van der Waals surface area (Å²) in [5.74, 6) is -0.804. The lowest BCUT2D eigenvalue weighted by Gasteiger charge is -2.15. The fraction of sp³-hybridized carbons (Fsp3) is 0.333. The second kappa shape index (κ2) is 4.69. The van der Waals surface area contributed by atoms with Crippen molar-refractivity contribution in [1.29, 1.82) is 0 Å². The average Bonchev–Trinajstić information content (AvgIpc) is 2.65. The van der Waals surface area contributed by atoms with Gasteiger partial charge in [0.2, 0.25) is 0 Å². The molecule has 1 aliphatic heterocycles. The molecule has 8 heteroatoms. The summed E-state index contributed by atoms with van der Waals surface area (Å²) < 4.78 is 43.4. The quantitative estimate of drug-likeness (QED) is 0.897. The summed E-state index contributed by atoms with van der Waals surface area (Å²) in [7, 11) is 2.56. The van der Waals surface area contributed by atoms with Gasteiger partial charge in [-0.05, 0) is 17.7 Å². The molecule has 0 bridgehead atoms. The van der Waals surface area contributed by atoms with E-state index in [0.29, 0.717) is 0 Å². The first-order valence-electron chi connectivity index (χ1n) is 5.61. The normalized spacial score (nSPS) is 19.2. The largest absolute Gasteiger partial charge is 0.496 e. The van der Waals surface area contributed by atoms with Crippen molar-refractivity contribution in [1.82, 2.24) is 4.90 Å². The summed E-state index contributed by atoms with van der Waals surface area (Å²) in [5, 5.41) is 0. The molecule has 1 aliphatic rings. The van der Waals surface area contributed by atoms with Gasteiger partial charge in [0.1, 0.15) is 5.75 Å². The molecule has 1 aromatic carbocycles. The molecule has 1 atom stereocenters. The fourth-order valence-corrected chi connectivity index (χ4v) is 1.90. The third-order valence-electron chi connectivity index (χ3n) is 3.01. The molecule has 5 nitrogen and oxygen atoms in total. The highest BCUT2D eigenvalue weighted by molar-refractivity contribution is 6.04. The van der Waals surface area contributed by atoms with E-state index in [1.165, 1.54) is 13.1 Å². The maximum atomic E-state index is 12.9. The van der Waals surface area contributed by atoms with Crippen LogP contribution in [0.4, 0.5) is 13.2 Å². The molecule has 20 heavy (non-hydrogen) atoms. The lowest BCUT2D eigenvalue weighted by molar-refractivity contribution is -0.139. The van der Waals surface area contributed by atoms with Crippen LogP contribution >= 0.6 is 0 Å². The highest BCUT2D eigenvalue weighted by Gasteiger charge is 2.37. The monoisotopic (exact) mass is 287 g/mol. The summed E-state index contributed by atoms with van der Waals surface area (Å²) in [6, 6.07) is 2.34. The van der Waals surface area contributed by atoms with Crippen molar-refractivity contribution >= 4 is 11.9 Å².